The SMILES string of the molecule is Cc1cc(C(C)C)cc(C)c2cccc1-2. The van der Waals surface area contributed by atoms with Crippen molar-refractivity contribution in [3.63, 3.8) is 0 Å². The quantitative estimate of drug-likeness (QED) is 0.631. The third kappa shape index (κ3) is 1.77. The Morgan fingerprint density at radius 1 is 0.867 bits per heavy atom. The van der Waals surface area contributed by atoms with Gasteiger partial charge < -0.3 is 0 Å². The summed E-state index contributed by atoms with van der Waals surface area (Å²) in [7, 11) is 0. The van der Waals surface area contributed by atoms with E-state index in [1.807, 2.05) is 0 Å². The van der Waals surface area contributed by atoms with Crippen molar-refractivity contribution in [2.24, 2.45) is 0 Å². The van der Waals surface area contributed by atoms with Crippen LogP contribution in [0.5, 0.6) is 0 Å². The Bertz CT molecular complexity index is 415. The maximum atomic E-state index is 2.32. The largest absolute Gasteiger partial charge is 0.0610 e. The van der Waals surface area contributed by atoms with Crippen molar-refractivity contribution in [2.45, 2.75) is 33.6 Å². The van der Waals surface area contributed by atoms with E-state index in [1.165, 1.54) is 27.8 Å². The molecule has 0 unspecified atom stereocenters. The summed E-state index contributed by atoms with van der Waals surface area (Å²) in [6.45, 7) is 8.90. The first-order chi connectivity index (χ1) is 7.09. The number of hydrogen-bond acceptors (Lipinski definition) is 0. The van der Waals surface area contributed by atoms with Crippen LogP contribution in [0.4, 0.5) is 0 Å². The predicted molar refractivity (Wildman–Crippen MR) is 66.6 cm³/mol. The lowest BCUT2D eigenvalue weighted by Crippen LogP contribution is -1.84. The van der Waals surface area contributed by atoms with E-state index in [-0.39, 0.29) is 0 Å². The highest BCUT2D eigenvalue weighted by atomic mass is 14.1. The van der Waals surface area contributed by atoms with Gasteiger partial charge in [-0.15, -0.1) is 0 Å². The average molecular weight is 198 g/mol. The van der Waals surface area contributed by atoms with Crippen LogP contribution in [0.15, 0.2) is 30.3 Å². The Morgan fingerprint density at radius 2 is 1.33 bits per heavy atom. The topological polar surface area (TPSA) is 0 Å². The third-order valence-corrected chi connectivity index (χ3v) is 3.10. The van der Waals surface area contributed by atoms with Crippen LogP contribution in [0.3, 0.4) is 0 Å². The van der Waals surface area contributed by atoms with Gasteiger partial charge in [0.1, 0.15) is 0 Å². The van der Waals surface area contributed by atoms with Gasteiger partial charge in [0.25, 0.3) is 0 Å². The second kappa shape index (κ2) is 3.69. The van der Waals surface area contributed by atoms with Crippen molar-refractivity contribution in [3.8, 4) is 11.1 Å². The molecule has 0 saturated heterocycles. The minimum atomic E-state index is 0.596. The Balaban J connectivity index is 2.75. The van der Waals surface area contributed by atoms with E-state index in [9.17, 15) is 0 Å². The molecule has 0 N–H and O–H groups in total. The minimum Gasteiger partial charge on any atom is -0.0610 e. The van der Waals surface area contributed by atoms with Crippen molar-refractivity contribution >= 4 is 0 Å². The van der Waals surface area contributed by atoms with Gasteiger partial charge in [-0.05, 0) is 47.6 Å². The summed E-state index contributed by atoms with van der Waals surface area (Å²) in [4.78, 5) is 0. The second-order valence-electron chi connectivity index (χ2n) is 4.66. The smallest absolute Gasteiger partial charge is 0.0152 e. The molecule has 2 rings (SSSR count). The summed E-state index contributed by atoms with van der Waals surface area (Å²) < 4.78 is 0. The molecule has 0 saturated carbocycles. The van der Waals surface area contributed by atoms with Gasteiger partial charge in [0.05, 0.1) is 0 Å². The van der Waals surface area contributed by atoms with E-state index >= 15 is 0 Å². The Kier molecular flexibility index (Phi) is 2.52. The maximum absolute atomic E-state index is 2.32. The molecule has 2 aliphatic carbocycles. The standard InChI is InChI=1S/C15H18/c1-10(2)13-8-11(3)14-6-5-7-15(14)12(4)9-13/h5-10H,1-4H3. The molecular weight excluding hydrogens is 180 g/mol. The Morgan fingerprint density at radius 3 is 1.73 bits per heavy atom. The van der Waals surface area contributed by atoms with Crippen molar-refractivity contribution in [1.82, 2.24) is 0 Å². The van der Waals surface area contributed by atoms with Gasteiger partial charge in [-0.25, -0.2) is 0 Å². The van der Waals surface area contributed by atoms with Crippen molar-refractivity contribution in [2.75, 3.05) is 0 Å². The Hall–Kier alpha value is -1.30. The molecule has 0 nitrogen and oxygen atoms in total. The van der Waals surface area contributed by atoms with Crippen LogP contribution >= 0.6 is 0 Å². The van der Waals surface area contributed by atoms with Gasteiger partial charge in [-0.3, -0.25) is 0 Å². The van der Waals surface area contributed by atoms with E-state index in [2.05, 4.69) is 58.0 Å². The van der Waals surface area contributed by atoms with Crippen LogP contribution < -0.4 is 0 Å². The van der Waals surface area contributed by atoms with Gasteiger partial charge >= 0.3 is 0 Å². The molecule has 0 aromatic heterocycles. The zero-order chi connectivity index (χ0) is 11.0. The fraction of sp³-hybridized carbons (Fsp3) is 0.333. The molecule has 0 aromatic rings. The maximum Gasteiger partial charge on any atom is -0.0152 e. The molecule has 0 heterocycles. The summed E-state index contributed by atoms with van der Waals surface area (Å²) in [5.74, 6) is 0.596. The number of fused-ring (bicyclic) bond motifs is 1. The molecule has 0 spiro atoms. The van der Waals surface area contributed by atoms with Crippen LogP contribution in [-0.4, -0.2) is 0 Å². The molecular formula is C15H18. The molecule has 78 valence electrons. The summed E-state index contributed by atoms with van der Waals surface area (Å²) in [5.41, 5.74) is 6.97. The van der Waals surface area contributed by atoms with Crippen LogP contribution in [0.25, 0.3) is 11.1 Å². The van der Waals surface area contributed by atoms with Crippen LogP contribution in [0, 0.1) is 13.8 Å². The molecule has 0 fully saturated rings. The number of aryl methyl sites for hydroxylation is 2. The predicted octanol–water partition coefficient (Wildman–Crippen LogP) is 4.53. The van der Waals surface area contributed by atoms with E-state index in [4.69, 9.17) is 0 Å². The normalized spacial score (nSPS) is 11.3. The fourth-order valence-corrected chi connectivity index (χ4v) is 2.14. The Labute approximate surface area is 92.3 Å². The zero-order valence-electron chi connectivity index (χ0n) is 9.96. The van der Waals surface area contributed by atoms with Gasteiger partial charge in [0.2, 0.25) is 0 Å². The van der Waals surface area contributed by atoms with Crippen LogP contribution in [0.2, 0.25) is 0 Å². The molecule has 0 amide bonds. The molecule has 0 bridgehead atoms. The first kappa shape index (κ1) is 10.2. The average Bonchev–Trinajstić information content (AvgIpc) is 2.60. The van der Waals surface area contributed by atoms with Gasteiger partial charge in [-0.2, -0.15) is 0 Å². The first-order valence-electron chi connectivity index (χ1n) is 5.59. The molecule has 0 atom stereocenters. The lowest BCUT2D eigenvalue weighted by atomic mass is 10.0. The highest BCUT2D eigenvalue weighted by Crippen LogP contribution is 2.31. The van der Waals surface area contributed by atoms with E-state index in [0.717, 1.165) is 0 Å². The molecule has 0 aliphatic heterocycles. The zero-order valence-corrected chi connectivity index (χ0v) is 9.96. The summed E-state index contributed by atoms with van der Waals surface area (Å²) in [6, 6.07) is 11.2. The first-order valence-corrected chi connectivity index (χ1v) is 5.59. The van der Waals surface area contributed by atoms with Gasteiger partial charge in [-0.1, -0.05) is 44.2 Å². The van der Waals surface area contributed by atoms with Crippen molar-refractivity contribution in [3.05, 3.63) is 47.0 Å². The molecule has 0 heteroatoms. The lowest BCUT2D eigenvalue weighted by Gasteiger charge is -2.02. The van der Waals surface area contributed by atoms with E-state index < -0.39 is 0 Å². The highest BCUT2D eigenvalue weighted by Gasteiger charge is 2.09. The molecule has 2 aliphatic rings. The van der Waals surface area contributed by atoms with Crippen molar-refractivity contribution in [1.29, 1.82) is 0 Å². The van der Waals surface area contributed by atoms with Gasteiger partial charge in [0.15, 0.2) is 0 Å². The molecule has 0 aromatic carbocycles. The third-order valence-electron chi connectivity index (χ3n) is 3.10. The fourth-order valence-electron chi connectivity index (χ4n) is 2.14. The number of rotatable bonds is 1. The second-order valence-corrected chi connectivity index (χ2v) is 4.66. The number of hydrogen-bond donors (Lipinski definition) is 0. The van der Waals surface area contributed by atoms with Crippen molar-refractivity contribution < 1.29 is 0 Å². The van der Waals surface area contributed by atoms with Crippen LogP contribution in [-0.2, 0) is 0 Å². The summed E-state index contributed by atoms with van der Waals surface area (Å²) in [5, 5.41) is 0. The summed E-state index contributed by atoms with van der Waals surface area (Å²) >= 11 is 0. The van der Waals surface area contributed by atoms with E-state index in [1.54, 1.807) is 0 Å². The van der Waals surface area contributed by atoms with Gasteiger partial charge in [0, 0.05) is 0 Å². The summed E-state index contributed by atoms with van der Waals surface area (Å²) in [6.07, 6.45) is 0. The highest BCUT2D eigenvalue weighted by molar-refractivity contribution is 5.73. The minimum absolute atomic E-state index is 0.596. The monoisotopic (exact) mass is 198 g/mol. The lowest BCUT2D eigenvalue weighted by molar-refractivity contribution is 0.866. The van der Waals surface area contributed by atoms with Crippen LogP contribution in [0.1, 0.15) is 36.5 Å². The van der Waals surface area contributed by atoms with E-state index in [0.29, 0.717) is 5.92 Å². The molecule has 15 heavy (non-hydrogen) atoms. The molecule has 0 radical (unpaired) electrons.